The van der Waals surface area contributed by atoms with Crippen LogP contribution in [0.1, 0.15) is 80.4 Å². The van der Waals surface area contributed by atoms with Crippen molar-refractivity contribution >= 4 is 11.4 Å². The normalized spacial score (nSPS) is 13.9. The molecule has 2 aromatic rings. The van der Waals surface area contributed by atoms with Gasteiger partial charge in [0.25, 0.3) is 0 Å². The molecule has 0 heterocycles. The molecule has 0 radical (unpaired) electrons. The first-order valence-corrected chi connectivity index (χ1v) is 11.2. The average Bonchev–Trinajstić information content (AvgIpc) is 2.68. The van der Waals surface area contributed by atoms with Gasteiger partial charge < -0.3 is 10.4 Å². The van der Waals surface area contributed by atoms with E-state index < -0.39 is 0 Å². The molecule has 0 aromatic heterocycles. The Balaban J connectivity index is 0.000000320. The SMILES string of the molecule is CC(C)(C)/C(=N\O)C(C)(C)c1ccccc1.CC(C)(C)/C(=N\O)C(C)(C)c1ccccc1. The largest absolute Gasteiger partial charge is 0.411 e. The summed E-state index contributed by atoms with van der Waals surface area (Å²) in [5.41, 5.74) is 3.12. The lowest BCUT2D eigenvalue weighted by Crippen LogP contribution is -2.38. The third-order valence-corrected chi connectivity index (χ3v) is 5.80. The van der Waals surface area contributed by atoms with Crippen LogP contribution < -0.4 is 0 Å². The van der Waals surface area contributed by atoms with E-state index in [2.05, 4.69) is 104 Å². The first kappa shape index (κ1) is 27.4. The van der Waals surface area contributed by atoms with E-state index in [0.717, 1.165) is 22.6 Å². The summed E-state index contributed by atoms with van der Waals surface area (Å²) in [6.07, 6.45) is 0. The summed E-state index contributed by atoms with van der Waals surface area (Å²) in [5.74, 6) is 0. The number of rotatable bonds is 4. The van der Waals surface area contributed by atoms with Gasteiger partial charge in [-0.1, -0.05) is 140 Å². The maximum absolute atomic E-state index is 9.25. The highest BCUT2D eigenvalue weighted by molar-refractivity contribution is 5.98. The summed E-state index contributed by atoms with van der Waals surface area (Å²) in [6, 6.07) is 20.3. The van der Waals surface area contributed by atoms with Crippen LogP contribution in [0.4, 0.5) is 0 Å². The van der Waals surface area contributed by atoms with Crippen LogP contribution in [0.3, 0.4) is 0 Å². The number of oxime groups is 2. The van der Waals surface area contributed by atoms with Crippen molar-refractivity contribution in [2.75, 3.05) is 0 Å². The van der Waals surface area contributed by atoms with Gasteiger partial charge in [-0.2, -0.15) is 0 Å². The zero-order valence-corrected chi connectivity index (χ0v) is 21.6. The molecule has 0 amide bonds. The van der Waals surface area contributed by atoms with Crippen LogP contribution in [0.25, 0.3) is 0 Å². The molecule has 0 unspecified atom stereocenters. The first-order chi connectivity index (χ1) is 14.6. The third kappa shape index (κ3) is 6.69. The van der Waals surface area contributed by atoms with Gasteiger partial charge in [-0.3, -0.25) is 0 Å². The van der Waals surface area contributed by atoms with Gasteiger partial charge in [0.1, 0.15) is 0 Å². The molecule has 2 rings (SSSR count). The predicted molar refractivity (Wildman–Crippen MR) is 136 cm³/mol. The Kier molecular flexibility index (Phi) is 8.85. The molecular weight excluding hydrogens is 396 g/mol. The van der Waals surface area contributed by atoms with Crippen molar-refractivity contribution in [3.8, 4) is 0 Å². The Morgan fingerprint density at radius 3 is 0.938 bits per heavy atom. The molecule has 0 aliphatic carbocycles. The van der Waals surface area contributed by atoms with Crippen molar-refractivity contribution in [2.24, 2.45) is 21.1 Å². The van der Waals surface area contributed by atoms with E-state index in [1.807, 2.05) is 36.4 Å². The van der Waals surface area contributed by atoms with Crippen LogP contribution in [0.15, 0.2) is 71.0 Å². The maximum atomic E-state index is 9.25. The van der Waals surface area contributed by atoms with E-state index in [0.29, 0.717) is 0 Å². The third-order valence-electron chi connectivity index (χ3n) is 5.80. The molecule has 2 aromatic carbocycles. The summed E-state index contributed by atoms with van der Waals surface area (Å²) >= 11 is 0. The van der Waals surface area contributed by atoms with E-state index in [9.17, 15) is 10.4 Å². The van der Waals surface area contributed by atoms with Gasteiger partial charge in [0, 0.05) is 21.7 Å². The van der Waals surface area contributed by atoms with Gasteiger partial charge in [0.2, 0.25) is 0 Å². The topological polar surface area (TPSA) is 65.2 Å². The lowest BCUT2D eigenvalue weighted by molar-refractivity contribution is 0.302. The molecular formula is C28H42N2O2. The zero-order chi connectivity index (χ0) is 24.8. The fourth-order valence-electron chi connectivity index (χ4n) is 4.41. The van der Waals surface area contributed by atoms with E-state index >= 15 is 0 Å². The van der Waals surface area contributed by atoms with Crippen molar-refractivity contribution in [1.82, 2.24) is 0 Å². The highest BCUT2D eigenvalue weighted by atomic mass is 16.4. The lowest BCUT2D eigenvalue weighted by Gasteiger charge is -2.34. The predicted octanol–water partition coefficient (Wildman–Crippen LogP) is 7.68. The van der Waals surface area contributed by atoms with Crippen LogP contribution in [-0.4, -0.2) is 21.8 Å². The van der Waals surface area contributed by atoms with Gasteiger partial charge in [0.15, 0.2) is 0 Å². The minimum Gasteiger partial charge on any atom is -0.411 e. The van der Waals surface area contributed by atoms with Gasteiger partial charge >= 0.3 is 0 Å². The molecule has 0 aliphatic rings. The fraction of sp³-hybridized carbons (Fsp3) is 0.500. The zero-order valence-electron chi connectivity index (χ0n) is 21.6. The highest BCUT2D eigenvalue weighted by Crippen LogP contribution is 2.34. The molecule has 4 nitrogen and oxygen atoms in total. The van der Waals surface area contributed by atoms with E-state index in [1.54, 1.807) is 0 Å². The molecule has 0 atom stereocenters. The summed E-state index contributed by atoms with van der Waals surface area (Å²) in [7, 11) is 0. The van der Waals surface area contributed by atoms with Crippen molar-refractivity contribution in [1.29, 1.82) is 0 Å². The molecule has 176 valence electrons. The minimum absolute atomic E-state index is 0.145. The van der Waals surface area contributed by atoms with E-state index in [-0.39, 0.29) is 21.7 Å². The molecule has 2 N–H and O–H groups in total. The van der Waals surface area contributed by atoms with Crippen LogP contribution in [0, 0.1) is 10.8 Å². The standard InChI is InChI=1S/2C14H21NO/c2*1-13(2,3)12(15-16)14(4,5)11-9-7-6-8-10-11/h2*6-10,16H,1-5H3/b2*15-12+. The Morgan fingerprint density at radius 1 is 0.500 bits per heavy atom. The van der Waals surface area contributed by atoms with Crippen molar-refractivity contribution < 1.29 is 10.4 Å². The van der Waals surface area contributed by atoms with E-state index in [1.165, 1.54) is 0 Å². The molecule has 32 heavy (non-hydrogen) atoms. The number of hydrogen-bond acceptors (Lipinski definition) is 4. The minimum atomic E-state index is -0.256. The van der Waals surface area contributed by atoms with Gasteiger partial charge in [0.05, 0.1) is 11.4 Å². The van der Waals surface area contributed by atoms with Gasteiger partial charge in [-0.25, -0.2) is 0 Å². The molecule has 0 spiro atoms. The molecule has 0 saturated carbocycles. The summed E-state index contributed by atoms with van der Waals surface area (Å²) in [4.78, 5) is 0. The van der Waals surface area contributed by atoms with Gasteiger partial charge in [-0.15, -0.1) is 0 Å². The maximum Gasteiger partial charge on any atom is 0.0723 e. The monoisotopic (exact) mass is 438 g/mol. The Morgan fingerprint density at radius 2 is 0.750 bits per heavy atom. The second-order valence-electron chi connectivity index (χ2n) is 11.4. The Hall–Kier alpha value is -2.62. The lowest BCUT2D eigenvalue weighted by atomic mass is 9.70. The Labute approximate surface area is 195 Å². The molecule has 0 saturated heterocycles. The Bertz CT molecular complexity index is 820. The first-order valence-electron chi connectivity index (χ1n) is 11.2. The molecule has 0 aliphatic heterocycles. The average molecular weight is 439 g/mol. The van der Waals surface area contributed by atoms with Crippen LogP contribution in [0.2, 0.25) is 0 Å². The summed E-state index contributed by atoms with van der Waals surface area (Å²) in [5, 5.41) is 25.5. The molecule has 0 bridgehead atoms. The number of hydrogen-bond donors (Lipinski definition) is 2. The number of benzene rings is 2. The van der Waals surface area contributed by atoms with E-state index in [4.69, 9.17) is 0 Å². The smallest absolute Gasteiger partial charge is 0.0723 e. The van der Waals surface area contributed by atoms with Crippen molar-refractivity contribution in [3.05, 3.63) is 71.8 Å². The number of nitrogens with zero attached hydrogens (tertiary/aromatic N) is 2. The highest BCUT2D eigenvalue weighted by Gasteiger charge is 2.36. The quantitative estimate of drug-likeness (QED) is 0.292. The van der Waals surface area contributed by atoms with Gasteiger partial charge in [-0.05, 0) is 11.1 Å². The van der Waals surface area contributed by atoms with Crippen LogP contribution in [0.5, 0.6) is 0 Å². The fourth-order valence-corrected chi connectivity index (χ4v) is 4.41. The second kappa shape index (κ2) is 10.3. The molecule has 4 heteroatoms. The van der Waals surface area contributed by atoms with Crippen molar-refractivity contribution in [2.45, 2.75) is 80.1 Å². The second-order valence-corrected chi connectivity index (χ2v) is 11.4. The summed E-state index contributed by atoms with van der Waals surface area (Å²) in [6.45, 7) is 20.7. The summed E-state index contributed by atoms with van der Waals surface area (Å²) < 4.78 is 0. The van der Waals surface area contributed by atoms with Crippen molar-refractivity contribution in [3.63, 3.8) is 0 Å². The molecule has 0 fully saturated rings. The van der Waals surface area contributed by atoms with Crippen LogP contribution >= 0.6 is 0 Å². The van der Waals surface area contributed by atoms with Crippen LogP contribution in [-0.2, 0) is 10.8 Å².